The Morgan fingerprint density at radius 1 is 1.19 bits per heavy atom. The summed E-state index contributed by atoms with van der Waals surface area (Å²) in [4.78, 5) is 25.5. The minimum absolute atomic E-state index is 0. The summed E-state index contributed by atoms with van der Waals surface area (Å²) < 4.78 is 11.6. The number of piperazine rings is 1. The van der Waals surface area contributed by atoms with Gasteiger partial charge in [0.05, 0.1) is 0 Å². The molecule has 3 heterocycles. The van der Waals surface area contributed by atoms with E-state index in [1.54, 1.807) is 13.2 Å². The Hall–Kier alpha value is -1.62. The molecule has 1 saturated carbocycles. The van der Waals surface area contributed by atoms with Crippen LogP contribution in [0.1, 0.15) is 44.1 Å². The third kappa shape index (κ3) is 6.44. The van der Waals surface area contributed by atoms with Gasteiger partial charge in [0, 0.05) is 58.6 Å². The maximum absolute atomic E-state index is 12.5. The number of nitrogens with one attached hydrogen (secondary N) is 1. The van der Waals surface area contributed by atoms with Crippen LogP contribution >= 0.6 is 24.0 Å². The third-order valence-corrected chi connectivity index (χ3v) is 6.15. The second-order valence-electron chi connectivity index (χ2n) is 8.24. The summed E-state index contributed by atoms with van der Waals surface area (Å²) in [6, 6.07) is 4.01. The molecule has 2 aliphatic heterocycles. The molecule has 1 N–H and O–H groups in total. The van der Waals surface area contributed by atoms with Crippen molar-refractivity contribution in [3.05, 3.63) is 23.9 Å². The first-order valence-corrected chi connectivity index (χ1v) is 11.2. The molecular weight excluding hydrogens is 509 g/mol. The monoisotopic (exact) mass is 543 g/mol. The number of halogens is 1. The van der Waals surface area contributed by atoms with E-state index in [1.165, 1.54) is 12.8 Å². The average Bonchev–Trinajstić information content (AvgIpc) is 3.49. The van der Waals surface area contributed by atoms with Crippen LogP contribution in [0.5, 0.6) is 5.88 Å². The fourth-order valence-corrected chi connectivity index (χ4v) is 4.43. The quantitative estimate of drug-likeness (QED) is 0.349. The van der Waals surface area contributed by atoms with Gasteiger partial charge in [-0.05, 0) is 50.2 Å². The SMILES string of the molecule is CN=C(NCc1ccnc(OC2CCCC2)c1)N1CCN(C(=O)C2CCCO2)CC1.I. The molecule has 1 aliphatic carbocycles. The number of nitrogens with zero attached hydrogens (tertiary/aromatic N) is 4. The molecule has 0 aromatic carbocycles. The molecule has 1 atom stereocenters. The van der Waals surface area contributed by atoms with Crippen LogP contribution in [0.25, 0.3) is 0 Å². The van der Waals surface area contributed by atoms with Crippen LogP contribution in [0.3, 0.4) is 0 Å². The van der Waals surface area contributed by atoms with Gasteiger partial charge < -0.3 is 24.6 Å². The van der Waals surface area contributed by atoms with Crippen LogP contribution in [0, 0.1) is 0 Å². The number of amides is 1. The Labute approximate surface area is 201 Å². The second-order valence-corrected chi connectivity index (χ2v) is 8.24. The molecule has 8 nitrogen and oxygen atoms in total. The standard InChI is InChI=1S/C22H33N5O3.HI/c1-23-22(27-12-10-26(11-13-27)21(28)19-7-4-14-29-19)25-16-17-8-9-24-20(15-17)30-18-5-2-3-6-18;/h8-9,15,18-19H,2-7,10-14,16H2,1H3,(H,23,25);1H. The molecule has 31 heavy (non-hydrogen) atoms. The molecule has 3 fully saturated rings. The zero-order chi connectivity index (χ0) is 20.8. The van der Waals surface area contributed by atoms with E-state index >= 15 is 0 Å². The van der Waals surface area contributed by atoms with E-state index in [0.29, 0.717) is 38.2 Å². The van der Waals surface area contributed by atoms with Crippen LogP contribution in [-0.4, -0.2) is 78.7 Å². The van der Waals surface area contributed by atoms with Crippen molar-refractivity contribution in [2.45, 2.75) is 57.3 Å². The maximum Gasteiger partial charge on any atom is 0.251 e. The lowest BCUT2D eigenvalue weighted by molar-refractivity contribution is -0.142. The molecule has 1 aromatic rings. The first-order chi connectivity index (χ1) is 14.7. The summed E-state index contributed by atoms with van der Waals surface area (Å²) in [7, 11) is 1.80. The Bertz CT molecular complexity index is 742. The van der Waals surface area contributed by atoms with Crippen molar-refractivity contribution in [3.8, 4) is 5.88 Å². The maximum atomic E-state index is 12.5. The van der Waals surface area contributed by atoms with E-state index in [-0.39, 0.29) is 36.0 Å². The number of guanidine groups is 1. The number of carbonyl (C=O) groups excluding carboxylic acids is 1. The molecule has 3 aliphatic rings. The number of carbonyl (C=O) groups is 1. The minimum atomic E-state index is -0.235. The molecule has 4 rings (SSSR count). The lowest BCUT2D eigenvalue weighted by Crippen LogP contribution is -2.55. The smallest absolute Gasteiger partial charge is 0.251 e. The Balaban J connectivity index is 0.00000272. The van der Waals surface area contributed by atoms with Gasteiger partial charge in [0.25, 0.3) is 5.91 Å². The molecule has 0 radical (unpaired) electrons. The number of hydrogen-bond donors (Lipinski definition) is 1. The topological polar surface area (TPSA) is 79.3 Å². The van der Waals surface area contributed by atoms with Gasteiger partial charge in [-0.1, -0.05) is 0 Å². The highest BCUT2D eigenvalue weighted by molar-refractivity contribution is 14.0. The molecule has 0 bridgehead atoms. The first kappa shape index (κ1) is 24.0. The molecule has 0 spiro atoms. The average molecular weight is 543 g/mol. The van der Waals surface area contributed by atoms with Gasteiger partial charge in [-0.3, -0.25) is 9.79 Å². The normalized spacial score (nSPS) is 22.4. The molecule has 1 amide bonds. The van der Waals surface area contributed by atoms with Crippen molar-refractivity contribution in [3.63, 3.8) is 0 Å². The van der Waals surface area contributed by atoms with Gasteiger partial charge in [0.1, 0.15) is 12.2 Å². The van der Waals surface area contributed by atoms with Crippen molar-refractivity contribution >= 4 is 35.8 Å². The van der Waals surface area contributed by atoms with Crippen LogP contribution in [0.2, 0.25) is 0 Å². The summed E-state index contributed by atoms with van der Waals surface area (Å²) in [5.41, 5.74) is 1.12. The van der Waals surface area contributed by atoms with Gasteiger partial charge >= 0.3 is 0 Å². The van der Waals surface area contributed by atoms with Gasteiger partial charge in [-0.2, -0.15) is 0 Å². The van der Waals surface area contributed by atoms with Gasteiger partial charge in [0.15, 0.2) is 5.96 Å². The Kier molecular flexibility index (Phi) is 9.18. The van der Waals surface area contributed by atoms with E-state index < -0.39 is 0 Å². The van der Waals surface area contributed by atoms with Crippen molar-refractivity contribution in [2.75, 3.05) is 39.8 Å². The van der Waals surface area contributed by atoms with Crippen molar-refractivity contribution < 1.29 is 14.3 Å². The van der Waals surface area contributed by atoms with Crippen molar-refractivity contribution in [1.82, 2.24) is 20.1 Å². The molecule has 1 aromatic heterocycles. The van der Waals surface area contributed by atoms with Gasteiger partial charge in [0.2, 0.25) is 5.88 Å². The largest absolute Gasteiger partial charge is 0.474 e. The lowest BCUT2D eigenvalue weighted by atomic mass is 10.2. The Morgan fingerprint density at radius 3 is 2.61 bits per heavy atom. The van der Waals surface area contributed by atoms with Crippen LogP contribution in [0.15, 0.2) is 23.3 Å². The zero-order valence-corrected chi connectivity index (χ0v) is 20.6. The number of aliphatic imine (C=N–C) groups is 1. The van der Waals surface area contributed by atoms with E-state index in [9.17, 15) is 4.79 Å². The molecular formula is C22H34IN5O3. The predicted molar refractivity (Wildman–Crippen MR) is 130 cm³/mol. The number of hydrogen-bond acceptors (Lipinski definition) is 5. The molecule has 2 saturated heterocycles. The van der Waals surface area contributed by atoms with E-state index in [4.69, 9.17) is 9.47 Å². The summed E-state index contributed by atoms with van der Waals surface area (Å²) in [5, 5.41) is 3.44. The Morgan fingerprint density at radius 2 is 1.94 bits per heavy atom. The van der Waals surface area contributed by atoms with Crippen LogP contribution in [0.4, 0.5) is 0 Å². The van der Waals surface area contributed by atoms with E-state index in [1.807, 2.05) is 17.0 Å². The number of aromatic nitrogens is 1. The fourth-order valence-electron chi connectivity index (χ4n) is 4.43. The second kappa shape index (κ2) is 11.8. The highest BCUT2D eigenvalue weighted by Crippen LogP contribution is 2.23. The third-order valence-electron chi connectivity index (χ3n) is 6.15. The first-order valence-electron chi connectivity index (χ1n) is 11.2. The van der Waals surface area contributed by atoms with Crippen molar-refractivity contribution in [1.29, 1.82) is 0 Å². The zero-order valence-electron chi connectivity index (χ0n) is 18.3. The highest BCUT2D eigenvalue weighted by Gasteiger charge is 2.30. The van der Waals surface area contributed by atoms with Crippen LogP contribution < -0.4 is 10.1 Å². The number of ether oxygens (including phenoxy) is 2. The van der Waals surface area contributed by atoms with Gasteiger partial charge in [-0.15, -0.1) is 24.0 Å². The number of pyridine rings is 1. The highest BCUT2D eigenvalue weighted by atomic mass is 127. The summed E-state index contributed by atoms with van der Waals surface area (Å²) in [6.45, 7) is 4.30. The molecule has 9 heteroatoms. The summed E-state index contributed by atoms with van der Waals surface area (Å²) >= 11 is 0. The molecule has 1 unspecified atom stereocenters. The lowest BCUT2D eigenvalue weighted by Gasteiger charge is -2.37. The van der Waals surface area contributed by atoms with E-state index in [0.717, 1.165) is 50.3 Å². The summed E-state index contributed by atoms with van der Waals surface area (Å²) in [5.74, 6) is 1.70. The fraction of sp³-hybridized carbons (Fsp3) is 0.682. The number of rotatable bonds is 5. The minimum Gasteiger partial charge on any atom is -0.474 e. The summed E-state index contributed by atoms with van der Waals surface area (Å²) in [6.07, 6.45) is 8.44. The predicted octanol–water partition coefficient (Wildman–Crippen LogP) is 2.42. The van der Waals surface area contributed by atoms with Crippen molar-refractivity contribution in [2.24, 2.45) is 4.99 Å². The van der Waals surface area contributed by atoms with Crippen LogP contribution in [-0.2, 0) is 16.1 Å². The molecule has 172 valence electrons. The van der Waals surface area contributed by atoms with E-state index in [2.05, 4.69) is 20.2 Å². The van der Waals surface area contributed by atoms with Gasteiger partial charge in [-0.25, -0.2) is 4.98 Å².